The molecule has 9 aromatic rings. The fourth-order valence-corrected chi connectivity index (χ4v) is 13.0. The number of aromatic amines is 2. The molecule has 0 aliphatic carbocycles. The Morgan fingerprint density at radius 1 is 0.368 bits per heavy atom. The van der Waals surface area contributed by atoms with Gasteiger partial charge in [0.15, 0.2) is 0 Å². The lowest BCUT2D eigenvalue weighted by Crippen LogP contribution is -2.16. The Bertz CT molecular complexity index is 4460. The van der Waals surface area contributed by atoms with E-state index in [9.17, 15) is 9.59 Å². The molecule has 14 heteroatoms. The first kappa shape index (κ1) is 75.9. The Hall–Kier alpha value is -11.2. The van der Waals surface area contributed by atoms with E-state index in [-0.39, 0.29) is 11.9 Å². The van der Waals surface area contributed by atoms with Crippen LogP contribution in [0, 0.1) is 23.7 Å². The maximum Gasteiger partial charge on any atom is 0.337 e. The van der Waals surface area contributed by atoms with Crippen molar-refractivity contribution in [1.29, 1.82) is 0 Å². The number of unbranched alkanes of at least 4 members (excludes halogenated alkanes) is 12. The highest BCUT2D eigenvalue weighted by molar-refractivity contribution is 5.96. The summed E-state index contributed by atoms with van der Waals surface area (Å²) < 4.78 is 36.5. The van der Waals surface area contributed by atoms with Crippen LogP contribution in [0.5, 0.6) is 23.0 Å². The first-order valence-electron chi connectivity index (χ1n) is 37.9. The van der Waals surface area contributed by atoms with Gasteiger partial charge < -0.3 is 48.2 Å². The summed E-state index contributed by atoms with van der Waals surface area (Å²) in [6.45, 7) is 12.5. The van der Waals surface area contributed by atoms with Crippen LogP contribution < -0.4 is 28.7 Å². The molecule has 14 nitrogen and oxygen atoms in total. The number of nitrogens with one attached hydrogen (secondary N) is 2. The van der Waals surface area contributed by atoms with E-state index in [2.05, 4.69) is 182 Å². The lowest BCUT2D eigenvalue weighted by atomic mass is 10.0. The molecule has 2 aliphatic heterocycles. The van der Waals surface area contributed by atoms with E-state index >= 15 is 0 Å². The molecule has 0 atom stereocenters. The molecule has 5 heterocycles. The number of esters is 2. The average Bonchev–Trinajstić information content (AvgIpc) is 1.60. The van der Waals surface area contributed by atoms with Crippen molar-refractivity contribution >= 4 is 69.7 Å². The van der Waals surface area contributed by atoms with Gasteiger partial charge in [0, 0.05) is 84.0 Å². The zero-order valence-corrected chi connectivity index (χ0v) is 62.9. The Kier molecular flexibility index (Phi) is 27.6. The number of aromatic nitrogens is 4. The fourth-order valence-electron chi connectivity index (χ4n) is 13.0. The van der Waals surface area contributed by atoms with E-state index in [0.717, 1.165) is 204 Å². The van der Waals surface area contributed by atoms with Gasteiger partial charge in [-0.05, 0) is 194 Å². The number of carbonyl (C=O) groups is 2. The largest absolute Gasteiger partial charge is 0.493 e. The molecule has 546 valence electrons. The maximum atomic E-state index is 12.2. The van der Waals surface area contributed by atoms with E-state index in [0.29, 0.717) is 84.5 Å². The van der Waals surface area contributed by atoms with Crippen molar-refractivity contribution < 1.29 is 38.0 Å². The summed E-state index contributed by atoms with van der Waals surface area (Å²) >= 11 is 0. The number of nitrogens with zero attached hydrogens (tertiary/aromatic N) is 4. The molecule has 6 aromatic carbocycles. The first-order chi connectivity index (χ1) is 51.9. The summed E-state index contributed by atoms with van der Waals surface area (Å²) in [5, 5.41) is 0. The third kappa shape index (κ3) is 20.6. The molecule has 8 bridgehead atoms. The molecule has 0 amide bonds. The van der Waals surface area contributed by atoms with Crippen molar-refractivity contribution in [3.8, 4) is 68.9 Å². The molecule has 2 N–H and O–H groups in total. The van der Waals surface area contributed by atoms with Crippen LogP contribution in [-0.4, -0.2) is 86.6 Å². The molecule has 2 aliphatic rings. The summed E-state index contributed by atoms with van der Waals surface area (Å²) in [4.78, 5) is 47.8. The topological polar surface area (TPSA) is 153 Å². The molecular formula is C92H100N6O8. The van der Waals surface area contributed by atoms with Crippen molar-refractivity contribution in [1.82, 2.24) is 19.9 Å². The van der Waals surface area contributed by atoms with Gasteiger partial charge in [-0.15, -0.1) is 0 Å². The maximum absolute atomic E-state index is 12.2. The Labute approximate surface area is 626 Å². The van der Waals surface area contributed by atoms with Crippen LogP contribution in [0.25, 0.3) is 68.6 Å². The number of carbonyl (C=O) groups excluding carboxylic acids is 2. The minimum absolute atomic E-state index is 0.361. The summed E-state index contributed by atoms with van der Waals surface area (Å²) in [5.74, 6) is 16.6. The van der Waals surface area contributed by atoms with Crippen molar-refractivity contribution in [2.24, 2.45) is 0 Å². The Balaban J connectivity index is 1.11. The molecule has 0 saturated heterocycles. The highest BCUT2D eigenvalue weighted by Crippen LogP contribution is 2.40. The Morgan fingerprint density at radius 3 is 1.01 bits per heavy atom. The second kappa shape index (κ2) is 38.5. The number of benzene rings is 6. The number of H-pyrrole nitrogens is 2. The van der Waals surface area contributed by atoms with Crippen LogP contribution in [0.15, 0.2) is 158 Å². The van der Waals surface area contributed by atoms with Gasteiger partial charge in [-0.3, -0.25) is 0 Å². The monoisotopic (exact) mass is 1420 g/mol. The fraction of sp³-hybridized carbons (Fsp3) is 0.326. The molecule has 11 rings (SSSR count). The average molecular weight is 1420 g/mol. The zero-order valence-electron chi connectivity index (χ0n) is 62.9. The molecule has 3 aromatic heterocycles. The predicted octanol–water partition coefficient (Wildman–Crippen LogP) is 21.5. The van der Waals surface area contributed by atoms with Crippen molar-refractivity contribution in [2.45, 2.75) is 144 Å². The minimum atomic E-state index is -0.361. The lowest BCUT2D eigenvalue weighted by molar-refractivity contribution is 0.0592. The summed E-state index contributed by atoms with van der Waals surface area (Å²) in [7, 11) is 6.89. The number of ether oxygens (including phenoxy) is 6. The van der Waals surface area contributed by atoms with Crippen LogP contribution in [0.1, 0.15) is 207 Å². The summed E-state index contributed by atoms with van der Waals surface area (Å²) in [5.41, 5.74) is 17.5. The van der Waals surface area contributed by atoms with Crippen LogP contribution in [0.2, 0.25) is 0 Å². The highest BCUT2D eigenvalue weighted by Gasteiger charge is 2.21. The predicted molar refractivity (Wildman–Crippen MR) is 433 cm³/mol. The van der Waals surface area contributed by atoms with Crippen LogP contribution in [0.3, 0.4) is 0 Å². The number of methoxy groups -OCH3 is 2. The van der Waals surface area contributed by atoms with Gasteiger partial charge in [-0.2, -0.15) is 0 Å². The molecule has 0 radical (unpaired) electrons. The van der Waals surface area contributed by atoms with E-state index in [4.69, 9.17) is 38.4 Å². The van der Waals surface area contributed by atoms with Gasteiger partial charge in [0.1, 0.15) is 23.0 Å². The van der Waals surface area contributed by atoms with Crippen molar-refractivity contribution in [3.05, 3.63) is 225 Å². The molecule has 0 unspecified atom stereocenters. The number of hydrogen-bond acceptors (Lipinski definition) is 12. The number of hydrogen-bond donors (Lipinski definition) is 2. The number of fused-ring (bicyclic) bond motifs is 8. The zero-order chi connectivity index (χ0) is 74.0. The third-order valence-corrected chi connectivity index (χ3v) is 19.0. The standard InChI is InChI=1S/C92H100N6O8/c1-9-13-17-21-53-103-75-57-71(58-76(61-75)104-54-22-18-14-10-2)89-85-49-45-81(93-85)79(43-33-65-29-39-73(40-30-65)97(5)63-67-25-35-69(36-26-67)91(99)101-7)83-47-51-87(95-83)90(72-59-77(105-55-23-19-15-11-3)62-78(60-72)106-56-24-20-16-12-4)88-52-48-84(96-88)80(82-46-50-86(89)94-82)44-34-66-31-41-74(42-32-66)98(6)64-68-27-37-70(38-28-68)92(100)102-8/h25-32,35-42,45-52,57-62,93,96H,9-24,53-56,63-64H2,1-8H3. The molecule has 0 saturated carbocycles. The van der Waals surface area contributed by atoms with Gasteiger partial charge in [-0.1, -0.05) is 153 Å². The van der Waals surface area contributed by atoms with E-state index in [1.807, 2.05) is 60.7 Å². The first-order valence-corrected chi connectivity index (χ1v) is 37.9. The van der Waals surface area contributed by atoms with Crippen molar-refractivity contribution in [3.63, 3.8) is 0 Å². The smallest absolute Gasteiger partial charge is 0.337 e. The van der Waals surface area contributed by atoms with E-state index < -0.39 is 0 Å². The number of anilines is 2. The third-order valence-electron chi connectivity index (χ3n) is 19.0. The Morgan fingerprint density at radius 2 is 0.689 bits per heavy atom. The highest BCUT2D eigenvalue weighted by atomic mass is 16.5. The van der Waals surface area contributed by atoms with Gasteiger partial charge >= 0.3 is 11.9 Å². The summed E-state index contributed by atoms with van der Waals surface area (Å²) in [6.07, 6.45) is 25.5. The summed E-state index contributed by atoms with van der Waals surface area (Å²) in [6, 6.07) is 52.4. The van der Waals surface area contributed by atoms with Crippen LogP contribution in [-0.2, 0) is 22.6 Å². The molecular weight excluding hydrogens is 1320 g/mol. The van der Waals surface area contributed by atoms with Gasteiger partial charge in [-0.25, -0.2) is 19.6 Å². The van der Waals surface area contributed by atoms with E-state index in [1.54, 1.807) is 24.3 Å². The van der Waals surface area contributed by atoms with Crippen molar-refractivity contribution in [2.75, 3.05) is 64.5 Å². The minimum Gasteiger partial charge on any atom is -0.493 e. The SMILES string of the molecule is CCCCCCOc1cc(OCCCCCC)cc(-c2c3nc(c(C#Cc4ccc(N(C)Cc5ccc(C(=O)OC)cc5)cc4)c4ccc([nH]4)c(-c4cc(OCCCCCC)cc(OCCCCCC)c4)c4nc(c(C#Cc5ccc(N(C)Cc6ccc(C(=O)OC)cc6)cc5)c5ccc2[nH]5)C=C4)C=C3)c1. The second-order valence-corrected chi connectivity index (χ2v) is 27.2. The van der Waals surface area contributed by atoms with Gasteiger partial charge in [0.2, 0.25) is 0 Å². The quantitative estimate of drug-likeness (QED) is 0.0224. The molecule has 106 heavy (non-hydrogen) atoms. The second-order valence-electron chi connectivity index (χ2n) is 27.2. The van der Waals surface area contributed by atoms with Gasteiger partial charge in [0.25, 0.3) is 0 Å². The number of rotatable bonds is 34. The van der Waals surface area contributed by atoms with Crippen LogP contribution in [0.4, 0.5) is 11.4 Å². The van der Waals surface area contributed by atoms with Crippen LogP contribution >= 0.6 is 0 Å². The molecule has 0 fully saturated rings. The van der Waals surface area contributed by atoms with E-state index in [1.165, 1.54) is 14.2 Å². The normalized spacial score (nSPS) is 11.3. The lowest BCUT2D eigenvalue weighted by Gasteiger charge is -2.19. The van der Waals surface area contributed by atoms with Gasteiger partial charge in [0.05, 0.1) is 96.7 Å². The molecule has 0 spiro atoms.